The molecule has 1 aromatic heterocycles. The first kappa shape index (κ1) is 12.6. The van der Waals surface area contributed by atoms with Crippen molar-refractivity contribution in [3.8, 4) is 23.8 Å². The van der Waals surface area contributed by atoms with E-state index in [2.05, 4.69) is 10.9 Å². The lowest BCUT2D eigenvalue weighted by atomic mass is 10.2. The lowest BCUT2D eigenvalue weighted by Gasteiger charge is -2.09. The molecule has 0 unspecified atom stereocenters. The third-order valence-corrected chi connectivity index (χ3v) is 3.38. The minimum atomic E-state index is 0.533. The van der Waals surface area contributed by atoms with E-state index in [4.69, 9.17) is 22.8 Å². The summed E-state index contributed by atoms with van der Waals surface area (Å²) in [6.45, 7) is 0. The summed E-state index contributed by atoms with van der Waals surface area (Å²) < 4.78 is 7.07. The van der Waals surface area contributed by atoms with Crippen LogP contribution in [0, 0.1) is 12.3 Å². The van der Waals surface area contributed by atoms with E-state index in [0.29, 0.717) is 16.6 Å². The zero-order chi connectivity index (χ0) is 14.1. The number of methoxy groups -OCH3 is 1. The molecule has 3 aromatic rings. The molecule has 20 heavy (non-hydrogen) atoms. The van der Waals surface area contributed by atoms with Gasteiger partial charge in [-0.05, 0) is 36.3 Å². The second-order valence-electron chi connectivity index (χ2n) is 4.22. The highest BCUT2D eigenvalue weighted by molar-refractivity contribution is 6.32. The topological polar surface area (TPSA) is 27.1 Å². The molecular formula is C16H11ClN2O. The van der Waals surface area contributed by atoms with Crippen molar-refractivity contribution in [2.24, 2.45) is 0 Å². The van der Waals surface area contributed by atoms with Gasteiger partial charge in [-0.15, -0.1) is 6.42 Å². The van der Waals surface area contributed by atoms with Gasteiger partial charge in [0.15, 0.2) is 5.82 Å². The van der Waals surface area contributed by atoms with E-state index < -0.39 is 0 Å². The Morgan fingerprint density at radius 1 is 1.25 bits per heavy atom. The minimum Gasteiger partial charge on any atom is -0.495 e. The Balaban J connectivity index is 2.29. The summed E-state index contributed by atoms with van der Waals surface area (Å²) >= 11 is 6.18. The molecule has 0 fully saturated rings. The van der Waals surface area contributed by atoms with Gasteiger partial charge in [0.2, 0.25) is 0 Å². The second-order valence-corrected chi connectivity index (χ2v) is 4.63. The molecule has 0 aliphatic rings. The number of aromatic nitrogens is 2. The van der Waals surface area contributed by atoms with Gasteiger partial charge < -0.3 is 4.74 Å². The first-order valence-electron chi connectivity index (χ1n) is 6.02. The number of hydrogen-bond acceptors (Lipinski definition) is 2. The van der Waals surface area contributed by atoms with Crippen LogP contribution in [0.1, 0.15) is 5.82 Å². The van der Waals surface area contributed by atoms with Gasteiger partial charge in [0.05, 0.1) is 28.9 Å². The molecule has 0 bridgehead atoms. The molecule has 3 nitrogen and oxygen atoms in total. The molecule has 0 spiro atoms. The van der Waals surface area contributed by atoms with Crippen molar-refractivity contribution < 1.29 is 4.74 Å². The van der Waals surface area contributed by atoms with E-state index in [1.807, 2.05) is 47.0 Å². The molecule has 0 radical (unpaired) electrons. The number of benzene rings is 2. The number of imidazole rings is 1. The van der Waals surface area contributed by atoms with E-state index >= 15 is 0 Å². The molecule has 2 aromatic carbocycles. The average Bonchev–Trinajstić information content (AvgIpc) is 2.85. The number of rotatable bonds is 2. The lowest BCUT2D eigenvalue weighted by molar-refractivity contribution is 0.415. The standard InChI is InChI=1S/C16H11ClN2O/c1-3-16-18-13-6-4-5-7-14(13)19(16)11-8-9-15(20-2)12(17)10-11/h1,4-10H,2H3. The van der Waals surface area contributed by atoms with Crippen molar-refractivity contribution in [3.63, 3.8) is 0 Å². The third kappa shape index (κ3) is 1.91. The average molecular weight is 283 g/mol. The zero-order valence-corrected chi connectivity index (χ0v) is 11.6. The Kier molecular flexibility index (Phi) is 3.09. The molecule has 4 heteroatoms. The molecule has 98 valence electrons. The van der Waals surface area contributed by atoms with Crippen LogP contribution in [0.4, 0.5) is 0 Å². The Bertz CT molecular complexity index is 830. The second kappa shape index (κ2) is 4.92. The van der Waals surface area contributed by atoms with Crippen LogP contribution in [0.5, 0.6) is 5.75 Å². The fourth-order valence-electron chi connectivity index (χ4n) is 2.18. The predicted molar refractivity (Wildman–Crippen MR) is 80.6 cm³/mol. The quantitative estimate of drug-likeness (QED) is 0.671. The maximum Gasteiger partial charge on any atom is 0.190 e. The van der Waals surface area contributed by atoms with Crippen LogP contribution in [0.15, 0.2) is 42.5 Å². The van der Waals surface area contributed by atoms with Crippen molar-refractivity contribution in [2.75, 3.05) is 7.11 Å². The molecule has 0 saturated carbocycles. The van der Waals surface area contributed by atoms with Crippen LogP contribution in [0.2, 0.25) is 5.02 Å². The summed E-state index contributed by atoms with van der Waals surface area (Å²) in [5, 5.41) is 0.533. The first-order valence-corrected chi connectivity index (χ1v) is 6.40. The lowest BCUT2D eigenvalue weighted by Crippen LogP contribution is -1.98. The smallest absolute Gasteiger partial charge is 0.190 e. The molecule has 0 amide bonds. The fourth-order valence-corrected chi connectivity index (χ4v) is 2.43. The van der Waals surface area contributed by atoms with Crippen molar-refractivity contribution in [2.45, 2.75) is 0 Å². The molecule has 3 rings (SSSR count). The maximum atomic E-state index is 6.18. The largest absolute Gasteiger partial charge is 0.495 e. The van der Waals surface area contributed by atoms with Crippen molar-refractivity contribution >= 4 is 22.6 Å². The SMILES string of the molecule is C#Cc1nc2ccccc2n1-c1ccc(OC)c(Cl)c1. The highest BCUT2D eigenvalue weighted by Crippen LogP contribution is 2.29. The van der Waals surface area contributed by atoms with E-state index in [9.17, 15) is 0 Å². The molecule has 0 aliphatic carbocycles. The summed E-state index contributed by atoms with van der Waals surface area (Å²) in [5.41, 5.74) is 2.66. The van der Waals surface area contributed by atoms with Crippen LogP contribution in [-0.4, -0.2) is 16.7 Å². The number of halogens is 1. The summed E-state index contributed by atoms with van der Waals surface area (Å²) in [6.07, 6.45) is 5.55. The first-order chi connectivity index (χ1) is 9.74. The van der Waals surface area contributed by atoms with Gasteiger partial charge >= 0.3 is 0 Å². The van der Waals surface area contributed by atoms with Crippen LogP contribution >= 0.6 is 11.6 Å². The minimum absolute atomic E-state index is 0.533. The summed E-state index contributed by atoms with van der Waals surface area (Å²) in [4.78, 5) is 4.43. The van der Waals surface area contributed by atoms with E-state index in [-0.39, 0.29) is 0 Å². The Morgan fingerprint density at radius 2 is 2.05 bits per heavy atom. The maximum absolute atomic E-state index is 6.18. The summed E-state index contributed by atoms with van der Waals surface area (Å²) in [6, 6.07) is 13.3. The number of hydrogen-bond donors (Lipinski definition) is 0. The van der Waals surface area contributed by atoms with Crippen LogP contribution in [0.3, 0.4) is 0 Å². The highest BCUT2D eigenvalue weighted by atomic mass is 35.5. The van der Waals surface area contributed by atoms with E-state index in [1.54, 1.807) is 7.11 Å². The van der Waals surface area contributed by atoms with E-state index in [0.717, 1.165) is 16.7 Å². The highest BCUT2D eigenvalue weighted by Gasteiger charge is 2.11. The Morgan fingerprint density at radius 3 is 2.75 bits per heavy atom. The van der Waals surface area contributed by atoms with Crippen LogP contribution in [-0.2, 0) is 0 Å². The predicted octanol–water partition coefficient (Wildman–Crippen LogP) is 3.67. The number of para-hydroxylation sites is 2. The summed E-state index contributed by atoms with van der Waals surface area (Å²) in [5.74, 6) is 3.78. The van der Waals surface area contributed by atoms with Gasteiger partial charge in [0.1, 0.15) is 5.75 Å². The van der Waals surface area contributed by atoms with E-state index in [1.165, 1.54) is 0 Å². The third-order valence-electron chi connectivity index (χ3n) is 3.08. The summed E-state index contributed by atoms with van der Waals surface area (Å²) in [7, 11) is 1.58. The molecular weight excluding hydrogens is 272 g/mol. The van der Waals surface area contributed by atoms with Crippen molar-refractivity contribution in [1.29, 1.82) is 0 Å². The number of terminal acetylenes is 1. The number of ether oxygens (including phenoxy) is 1. The fraction of sp³-hybridized carbons (Fsp3) is 0.0625. The van der Waals surface area contributed by atoms with Crippen molar-refractivity contribution in [3.05, 3.63) is 53.3 Å². The molecule has 1 heterocycles. The van der Waals surface area contributed by atoms with Gasteiger partial charge in [0, 0.05) is 0 Å². The van der Waals surface area contributed by atoms with Gasteiger partial charge in [-0.2, -0.15) is 0 Å². The number of fused-ring (bicyclic) bond motifs is 1. The molecule has 0 saturated heterocycles. The molecule has 0 atom stereocenters. The van der Waals surface area contributed by atoms with Crippen LogP contribution < -0.4 is 4.74 Å². The zero-order valence-electron chi connectivity index (χ0n) is 10.8. The van der Waals surface area contributed by atoms with Gasteiger partial charge in [-0.3, -0.25) is 4.57 Å². The van der Waals surface area contributed by atoms with Crippen molar-refractivity contribution in [1.82, 2.24) is 9.55 Å². The molecule has 0 N–H and O–H groups in total. The number of nitrogens with zero attached hydrogens (tertiary/aromatic N) is 2. The van der Waals surface area contributed by atoms with Crippen LogP contribution in [0.25, 0.3) is 16.7 Å². The van der Waals surface area contributed by atoms with Gasteiger partial charge in [-0.25, -0.2) is 4.98 Å². The Labute approximate surface area is 121 Å². The monoisotopic (exact) mass is 282 g/mol. The van der Waals surface area contributed by atoms with Gasteiger partial charge in [0.25, 0.3) is 0 Å². The molecule has 0 aliphatic heterocycles. The Hall–Kier alpha value is -2.44. The normalized spacial score (nSPS) is 10.4. The van der Waals surface area contributed by atoms with Gasteiger partial charge in [-0.1, -0.05) is 23.7 Å².